The first-order valence-electron chi connectivity index (χ1n) is 11.4. The number of ether oxygens (including phenoxy) is 1. The van der Waals surface area contributed by atoms with Gasteiger partial charge in [0.05, 0.1) is 34.6 Å². The Kier molecular flexibility index (Phi) is 6.23. The standard InChI is InChI=1S/C28H25N3O2S/c1-3-19-12-14-23-25(17-19)34-28(30-23)31(18-21-10-7-8-16-29-21)27(32)26-22-11-6-5-9-20(22)13-15-24(26)33-4-2/h5-17H,3-4,18H2,1-2H3. The summed E-state index contributed by atoms with van der Waals surface area (Å²) in [5.74, 6) is 0.423. The minimum Gasteiger partial charge on any atom is -0.493 e. The molecule has 2 heterocycles. The monoisotopic (exact) mass is 467 g/mol. The van der Waals surface area contributed by atoms with E-state index in [1.165, 1.54) is 16.9 Å². The highest BCUT2D eigenvalue weighted by atomic mass is 32.1. The fraction of sp³-hybridized carbons (Fsp3) is 0.179. The Bertz CT molecular complexity index is 1460. The van der Waals surface area contributed by atoms with Crippen molar-refractivity contribution >= 4 is 43.4 Å². The predicted molar refractivity (Wildman–Crippen MR) is 139 cm³/mol. The fourth-order valence-corrected chi connectivity index (χ4v) is 5.08. The van der Waals surface area contributed by atoms with Gasteiger partial charge in [-0.1, -0.05) is 60.7 Å². The van der Waals surface area contributed by atoms with Gasteiger partial charge in [0.15, 0.2) is 5.13 Å². The summed E-state index contributed by atoms with van der Waals surface area (Å²) >= 11 is 1.53. The summed E-state index contributed by atoms with van der Waals surface area (Å²) in [5.41, 5.74) is 3.48. The number of carbonyl (C=O) groups excluding carboxylic acids is 1. The van der Waals surface area contributed by atoms with Crippen molar-refractivity contribution in [1.82, 2.24) is 9.97 Å². The first-order valence-corrected chi connectivity index (χ1v) is 12.3. The third-order valence-corrected chi connectivity index (χ3v) is 6.82. The van der Waals surface area contributed by atoms with E-state index in [0.29, 0.717) is 29.6 Å². The van der Waals surface area contributed by atoms with Crippen molar-refractivity contribution in [2.45, 2.75) is 26.8 Å². The Labute approximate surface area is 202 Å². The first-order chi connectivity index (χ1) is 16.7. The number of anilines is 1. The van der Waals surface area contributed by atoms with Crippen LogP contribution in [0.4, 0.5) is 5.13 Å². The number of benzene rings is 3. The van der Waals surface area contributed by atoms with Crippen LogP contribution in [0.3, 0.4) is 0 Å². The third kappa shape index (κ3) is 4.24. The van der Waals surface area contributed by atoms with Gasteiger partial charge in [-0.25, -0.2) is 4.98 Å². The Hall–Kier alpha value is -3.77. The van der Waals surface area contributed by atoms with E-state index in [9.17, 15) is 4.79 Å². The molecule has 1 amide bonds. The van der Waals surface area contributed by atoms with E-state index in [2.05, 4.69) is 24.0 Å². The van der Waals surface area contributed by atoms with E-state index in [1.807, 2.05) is 67.6 Å². The van der Waals surface area contributed by atoms with Crippen molar-refractivity contribution in [3.63, 3.8) is 0 Å². The fourth-order valence-electron chi connectivity index (χ4n) is 4.06. The number of nitrogens with zero attached hydrogens (tertiary/aromatic N) is 3. The van der Waals surface area contributed by atoms with Crippen LogP contribution in [0.2, 0.25) is 0 Å². The lowest BCUT2D eigenvalue weighted by Crippen LogP contribution is -2.31. The summed E-state index contributed by atoms with van der Waals surface area (Å²) in [6.07, 6.45) is 2.70. The van der Waals surface area contributed by atoms with Gasteiger partial charge in [0.25, 0.3) is 5.91 Å². The molecule has 0 aliphatic carbocycles. The van der Waals surface area contributed by atoms with Crippen molar-refractivity contribution in [2.75, 3.05) is 11.5 Å². The van der Waals surface area contributed by atoms with Crippen LogP contribution in [-0.2, 0) is 13.0 Å². The highest BCUT2D eigenvalue weighted by Crippen LogP contribution is 2.35. The van der Waals surface area contributed by atoms with E-state index in [0.717, 1.165) is 33.1 Å². The first kappa shape index (κ1) is 22.0. The molecule has 34 heavy (non-hydrogen) atoms. The number of aryl methyl sites for hydroxylation is 1. The lowest BCUT2D eigenvalue weighted by atomic mass is 10.0. The number of rotatable bonds is 7. The van der Waals surface area contributed by atoms with E-state index in [1.54, 1.807) is 11.1 Å². The van der Waals surface area contributed by atoms with E-state index < -0.39 is 0 Å². The van der Waals surface area contributed by atoms with Crippen LogP contribution in [0.15, 0.2) is 79.0 Å². The van der Waals surface area contributed by atoms with Crippen LogP contribution in [-0.4, -0.2) is 22.5 Å². The topological polar surface area (TPSA) is 55.3 Å². The van der Waals surface area contributed by atoms with E-state index in [4.69, 9.17) is 9.72 Å². The molecule has 0 saturated heterocycles. The molecule has 0 aliphatic rings. The average Bonchev–Trinajstić information content (AvgIpc) is 3.30. The number of fused-ring (bicyclic) bond motifs is 2. The minimum absolute atomic E-state index is 0.152. The van der Waals surface area contributed by atoms with Crippen LogP contribution >= 0.6 is 11.3 Å². The van der Waals surface area contributed by atoms with Gasteiger partial charge in [-0.2, -0.15) is 0 Å². The molecule has 0 N–H and O–H groups in total. The van der Waals surface area contributed by atoms with Crippen molar-refractivity contribution in [3.8, 4) is 5.75 Å². The maximum Gasteiger partial charge on any atom is 0.264 e. The Morgan fingerprint density at radius 1 is 1.00 bits per heavy atom. The molecule has 0 unspecified atom stereocenters. The van der Waals surface area contributed by atoms with Crippen molar-refractivity contribution in [3.05, 3.63) is 95.8 Å². The zero-order chi connectivity index (χ0) is 23.5. The second-order valence-corrected chi connectivity index (χ2v) is 8.97. The summed E-state index contributed by atoms with van der Waals surface area (Å²) in [4.78, 5) is 25.3. The van der Waals surface area contributed by atoms with Crippen LogP contribution in [0.25, 0.3) is 21.0 Å². The second-order valence-electron chi connectivity index (χ2n) is 7.96. The molecule has 5 nitrogen and oxygen atoms in total. The van der Waals surface area contributed by atoms with Gasteiger partial charge in [0, 0.05) is 6.20 Å². The number of hydrogen-bond acceptors (Lipinski definition) is 5. The van der Waals surface area contributed by atoms with Gasteiger partial charge in [-0.05, 0) is 60.0 Å². The Balaban J connectivity index is 1.67. The van der Waals surface area contributed by atoms with Crippen LogP contribution < -0.4 is 9.64 Å². The van der Waals surface area contributed by atoms with Gasteiger partial charge in [0.1, 0.15) is 5.75 Å². The van der Waals surface area contributed by atoms with Gasteiger partial charge in [-0.15, -0.1) is 0 Å². The highest BCUT2D eigenvalue weighted by molar-refractivity contribution is 7.22. The van der Waals surface area contributed by atoms with Crippen LogP contribution in [0.5, 0.6) is 5.75 Å². The van der Waals surface area contributed by atoms with Gasteiger partial charge >= 0.3 is 0 Å². The molecule has 0 atom stereocenters. The Morgan fingerprint density at radius 3 is 2.65 bits per heavy atom. The minimum atomic E-state index is -0.152. The lowest BCUT2D eigenvalue weighted by molar-refractivity contribution is 0.0983. The van der Waals surface area contributed by atoms with Crippen molar-refractivity contribution < 1.29 is 9.53 Å². The largest absolute Gasteiger partial charge is 0.493 e. The Morgan fingerprint density at radius 2 is 1.85 bits per heavy atom. The number of pyridine rings is 1. The summed E-state index contributed by atoms with van der Waals surface area (Å²) < 4.78 is 6.98. The number of hydrogen-bond donors (Lipinski definition) is 0. The van der Waals surface area contributed by atoms with Crippen LogP contribution in [0.1, 0.15) is 35.5 Å². The maximum absolute atomic E-state index is 14.2. The molecule has 6 heteroatoms. The molecule has 0 saturated carbocycles. The highest BCUT2D eigenvalue weighted by Gasteiger charge is 2.27. The molecule has 170 valence electrons. The molecule has 5 aromatic rings. The van der Waals surface area contributed by atoms with Crippen LogP contribution in [0, 0.1) is 0 Å². The maximum atomic E-state index is 14.2. The van der Waals surface area contributed by atoms with E-state index >= 15 is 0 Å². The molecule has 0 fully saturated rings. The molecule has 3 aromatic carbocycles. The molecule has 0 aliphatic heterocycles. The van der Waals surface area contributed by atoms with Gasteiger partial charge < -0.3 is 4.74 Å². The molecule has 5 rings (SSSR count). The smallest absolute Gasteiger partial charge is 0.264 e. The third-order valence-electron chi connectivity index (χ3n) is 5.78. The van der Waals surface area contributed by atoms with E-state index in [-0.39, 0.29) is 5.91 Å². The second kappa shape index (κ2) is 9.61. The molecule has 0 bridgehead atoms. The lowest BCUT2D eigenvalue weighted by Gasteiger charge is -2.22. The van der Waals surface area contributed by atoms with Crippen molar-refractivity contribution in [2.24, 2.45) is 0 Å². The summed E-state index contributed by atoms with van der Waals surface area (Å²) in [6.45, 7) is 4.85. The molecule has 0 radical (unpaired) electrons. The molecular formula is C28H25N3O2S. The zero-order valence-corrected chi connectivity index (χ0v) is 20.0. The van der Waals surface area contributed by atoms with Crippen molar-refractivity contribution in [1.29, 1.82) is 0 Å². The molecular weight excluding hydrogens is 442 g/mol. The normalized spacial score (nSPS) is 11.1. The number of amides is 1. The quantitative estimate of drug-likeness (QED) is 0.269. The summed E-state index contributed by atoms with van der Waals surface area (Å²) in [5, 5.41) is 2.50. The zero-order valence-electron chi connectivity index (χ0n) is 19.2. The summed E-state index contributed by atoms with van der Waals surface area (Å²) in [7, 11) is 0. The van der Waals surface area contributed by atoms with Gasteiger partial charge in [0.2, 0.25) is 0 Å². The summed E-state index contributed by atoms with van der Waals surface area (Å²) in [6, 6.07) is 23.8. The average molecular weight is 468 g/mol. The molecule has 2 aromatic heterocycles. The predicted octanol–water partition coefficient (Wildman–Crippen LogP) is 6.65. The number of aromatic nitrogens is 2. The number of thiazole rings is 1. The number of carbonyl (C=O) groups is 1. The SMILES string of the molecule is CCOc1ccc2ccccc2c1C(=O)N(Cc1ccccn1)c1nc2ccc(CC)cc2s1. The molecule has 0 spiro atoms. The van der Waals surface area contributed by atoms with Gasteiger partial charge in [-0.3, -0.25) is 14.7 Å².